The van der Waals surface area contributed by atoms with Gasteiger partial charge in [-0.25, -0.2) is 4.98 Å². The average molecular weight is 288 g/mol. The van der Waals surface area contributed by atoms with Crippen LogP contribution in [0.1, 0.15) is 18.7 Å². The first-order valence-electron chi connectivity index (χ1n) is 7.07. The second-order valence-electron chi connectivity index (χ2n) is 5.30. The minimum Gasteiger partial charge on any atom is -0.368 e. The molecule has 21 heavy (non-hydrogen) atoms. The Balaban J connectivity index is 1.82. The van der Waals surface area contributed by atoms with E-state index in [0.29, 0.717) is 18.4 Å². The third-order valence-electron chi connectivity index (χ3n) is 3.66. The number of anilines is 3. The van der Waals surface area contributed by atoms with Crippen molar-refractivity contribution in [3.63, 3.8) is 0 Å². The van der Waals surface area contributed by atoms with Crippen LogP contribution in [-0.4, -0.2) is 44.6 Å². The van der Waals surface area contributed by atoms with Crippen molar-refractivity contribution < 1.29 is 0 Å². The molecule has 0 unspecified atom stereocenters. The number of hydrogen-bond donors (Lipinski definition) is 1. The zero-order valence-corrected chi connectivity index (χ0v) is 12.4. The Hall–Kier alpha value is -2.38. The van der Waals surface area contributed by atoms with Crippen LogP contribution in [0.3, 0.4) is 0 Å². The molecule has 1 saturated heterocycles. The average Bonchev–Trinajstić information content (AvgIpc) is 3.11. The summed E-state index contributed by atoms with van der Waals surface area (Å²) in [5.74, 6) is 2.45. The Labute approximate surface area is 123 Å². The Bertz CT molecular complexity index is 616. The zero-order chi connectivity index (χ0) is 14.8. The predicted molar refractivity (Wildman–Crippen MR) is 81.0 cm³/mol. The van der Waals surface area contributed by atoms with Crippen LogP contribution in [0.25, 0.3) is 0 Å². The highest BCUT2D eigenvalue weighted by atomic mass is 15.4. The van der Waals surface area contributed by atoms with Gasteiger partial charge in [-0.3, -0.25) is 0 Å². The molecule has 1 aliphatic heterocycles. The molecule has 3 rings (SSSR count). The summed E-state index contributed by atoms with van der Waals surface area (Å²) >= 11 is 0. The molecule has 1 fully saturated rings. The maximum atomic E-state index is 5.83. The quantitative estimate of drug-likeness (QED) is 0.872. The first-order valence-corrected chi connectivity index (χ1v) is 7.07. The van der Waals surface area contributed by atoms with Crippen molar-refractivity contribution in [1.29, 1.82) is 0 Å². The van der Waals surface area contributed by atoms with Gasteiger partial charge >= 0.3 is 0 Å². The number of imidazole rings is 1. The molecular formula is C13H20N8. The second kappa shape index (κ2) is 5.55. The molecule has 8 heteroatoms. The van der Waals surface area contributed by atoms with Gasteiger partial charge in [0.15, 0.2) is 0 Å². The number of nitrogen functional groups attached to an aromatic ring is 1. The highest BCUT2D eigenvalue weighted by Gasteiger charge is 2.18. The summed E-state index contributed by atoms with van der Waals surface area (Å²) in [7, 11) is 3.89. The summed E-state index contributed by atoms with van der Waals surface area (Å²) < 4.78 is 1.97. The molecule has 0 spiro atoms. The van der Waals surface area contributed by atoms with Gasteiger partial charge in [-0.2, -0.15) is 15.0 Å². The van der Waals surface area contributed by atoms with Gasteiger partial charge in [0.05, 0.1) is 6.54 Å². The minimum absolute atomic E-state index is 0.258. The molecule has 0 radical (unpaired) electrons. The van der Waals surface area contributed by atoms with Gasteiger partial charge in [0, 0.05) is 39.6 Å². The molecule has 8 nitrogen and oxygen atoms in total. The fourth-order valence-corrected chi connectivity index (χ4v) is 2.43. The molecule has 0 saturated carbocycles. The van der Waals surface area contributed by atoms with Gasteiger partial charge in [0.1, 0.15) is 5.82 Å². The van der Waals surface area contributed by atoms with E-state index in [-0.39, 0.29) is 5.95 Å². The monoisotopic (exact) mass is 288 g/mol. The highest BCUT2D eigenvalue weighted by Crippen LogP contribution is 2.19. The first-order chi connectivity index (χ1) is 10.1. The Morgan fingerprint density at radius 1 is 1.24 bits per heavy atom. The maximum absolute atomic E-state index is 5.83. The molecule has 0 aliphatic carbocycles. The van der Waals surface area contributed by atoms with Crippen molar-refractivity contribution in [2.45, 2.75) is 19.4 Å². The number of nitrogens with two attached hydrogens (primary N) is 1. The van der Waals surface area contributed by atoms with E-state index in [1.165, 1.54) is 12.8 Å². The van der Waals surface area contributed by atoms with Crippen LogP contribution < -0.4 is 15.5 Å². The summed E-state index contributed by atoms with van der Waals surface area (Å²) in [5.41, 5.74) is 5.83. The first kappa shape index (κ1) is 13.6. The number of hydrogen-bond acceptors (Lipinski definition) is 7. The summed E-state index contributed by atoms with van der Waals surface area (Å²) in [4.78, 5) is 21.4. The number of nitrogens with zero attached hydrogens (tertiary/aromatic N) is 7. The van der Waals surface area contributed by atoms with Crippen LogP contribution >= 0.6 is 0 Å². The fourth-order valence-electron chi connectivity index (χ4n) is 2.43. The predicted octanol–water partition coefficient (Wildman–Crippen LogP) is 0.424. The van der Waals surface area contributed by atoms with Crippen molar-refractivity contribution in [3.05, 3.63) is 18.2 Å². The third kappa shape index (κ3) is 2.88. The molecular weight excluding hydrogens is 268 g/mol. The molecule has 0 amide bonds. The number of aryl methyl sites for hydroxylation is 1. The number of aromatic nitrogens is 5. The lowest BCUT2D eigenvalue weighted by atomic mass is 10.4. The topological polar surface area (TPSA) is 89.0 Å². The van der Waals surface area contributed by atoms with Gasteiger partial charge in [0.2, 0.25) is 17.8 Å². The SMILES string of the molecule is CN(Cc1nccn1C)c1nc(N)nc(N2CCCC2)n1. The van der Waals surface area contributed by atoms with Crippen LogP contribution in [0, 0.1) is 0 Å². The van der Waals surface area contributed by atoms with E-state index in [1.807, 2.05) is 29.8 Å². The van der Waals surface area contributed by atoms with Crippen molar-refractivity contribution >= 4 is 17.8 Å². The van der Waals surface area contributed by atoms with Crippen molar-refractivity contribution in [2.24, 2.45) is 7.05 Å². The lowest BCUT2D eigenvalue weighted by Gasteiger charge is -2.20. The standard InChI is InChI=1S/C13H20N8/c1-19-8-5-15-10(19)9-20(2)12-16-11(14)17-13(18-12)21-6-3-4-7-21/h5,8H,3-4,6-7,9H2,1-2H3,(H2,14,16,17,18). The summed E-state index contributed by atoms with van der Waals surface area (Å²) in [5, 5.41) is 0. The van der Waals surface area contributed by atoms with Crippen LogP contribution in [0.15, 0.2) is 12.4 Å². The van der Waals surface area contributed by atoms with E-state index in [9.17, 15) is 0 Å². The Kier molecular flexibility index (Phi) is 3.59. The van der Waals surface area contributed by atoms with E-state index in [2.05, 4.69) is 24.8 Å². The van der Waals surface area contributed by atoms with Crippen molar-refractivity contribution in [1.82, 2.24) is 24.5 Å². The third-order valence-corrected chi connectivity index (χ3v) is 3.66. The maximum Gasteiger partial charge on any atom is 0.232 e. The van der Waals surface area contributed by atoms with Crippen LogP contribution in [0.5, 0.6) is 0 Å². The van der Waals surface area contributed by atoms with Crippen LogP contribution in [-0.2, 0) is 13.6 Å². The van der Waals surface area contributed by atoms with Gasteiger partial charge in [-0.15, -0.1) is 0 Å². The van der Waals surface area contributed by atoms with Crippen molar-refractivity contribution in [2.75, 3.05) is 35.7 Å². The molecule has 1 aliphatic rings. The second-order valence-corrected chi connectivity index (χ2v) is 5.30. The largest absolute Gasteiger partial charge is 0.368 e. The van der Waals surface area contributed by atoms with Gasteiger partial charge in [-0.05, 0) is 12.8 Å². The highest BCUT2D eigenvalue weighted by molar-refractivity contribution is 5.43. The van der Waals surface area contributed by atoms with E-state index in [0.717, 1.165) is 18.9 Å². The lowest BCUT2D eigenvalue weighted by molar-refractivity contribution is 0.742. The molecule has 0 aromatic carbocycles. The van der Waals surface area contributed by atoms with Crippen LogP contribution in [0.2, 0.25) is 0 Å². The summed E-state index contributed by atoms with van der Waals surface area (Å²) in [6.07, 6.45) is 6.04. The van der Waals surface area contributed by atoms with Crippen LogP contribution in [0.4, 0.5) is 17.8 Å². The Morgan fingerprint density at radius 2 is 2.00 bits per heavy atom. The van der Waals surface area contributed by atoms with Gasteiger partial charge in [0.25, 0.3) is 0 Å². The molecule has 2 aromatic heterocycles. The molecule has 3 heterocycles. The number of rotatable bonds is 4. The fraction of sp³-hybridized carbons (Fsp3) is 0.538. The minimum atomic E-state index is 0.258. The molecule has 2 N–H and O–H groups in total. The summed E-state index contributed by atoms with van der Waals surface area (Å²) in [6, 6.07) is 0. The van der Waals surface area contributed by atoms with Crippen molar-refractivity contribution in [3.8, 4) is 0 Å². The smallest absolute Gasteiger partial charge is 0.232 e. The summed E-state index contributed by atoms with van der Waals surface area (Å²) in [6.45, 7) is 2.57. The lowest BCUT2D eigenvalue weighted by Crippen LogP contribution is -2.26. The molecule has 0 bridgehead atoms. The van der Waals surface area contributed by atoms with Gasteiger partial charge in [-0.1, -0.05) is 0 Å². The zero-order valence-electron chi connectivity index (χ0n) is 12.4. The van der Waals surface area contributed by atoms with E-state index in [1.54, 1.807) is 6.20 Å². The van der Waals surface area contributed by atoms with Gasteiger partial charge < -0.3 is 20.1 Å². The normalized spacial score (nSPS) is 14.7. The molecule has 2 aromatic rings. The molecule has 112 valence electrons. The molecule has 0 atom stereocenters. The van der Waals surface area contributed by atoms with E-state index >= 15 is 0 Å². The van der Waals surface area contributed by atoms with E-state index < -0.39 is 0 Å². The van der Waals surface area contributed by atoms with E-state index in [4.69, 9.17) is 5.73 Å². The Morgan fingerprint density at radius 3 is 2.67 bits per heavy atom.